The van der Waals surface area contributed by atoms with E-state index in [1.54, 1.807) is 24.3 Å². The van der Waals surface area contributed by atoms with E-state index in [0.717, 1.165) is 0 Å². The van der Waals surface area contributed by atoms with E-state index in [9.17, 15) is 14.9 Å². The number of hydrogen-bond acceptors (Lipinski definition) is 3. The molecule has 0 radical (unpaired) electrons. The predicted octanol–water partition coefficient (Wildman–Crippen LogP) is 2.78. The SMILES string of the molecule is CN1C(=O)[C@@](F)(c2ccc([N+](=O)[O-])cc2)c2ccccc21. The molecule has 2 aromatic rings. The van der Waals surface area contributed by atoms with Gasteiger partial charge in [0.15, 0.2) is 0 Å². The fraction of sp³-hybridized carbons (Fsp3) is 0.133. The van der Waals surface area contributed by atoms with Gasteiger partial charge in [0.25, 0.3) is 11.6 Å². The Morgan fingerprint density at radius 2 is 1.76 bits per heavy atom. The van der Waals surface area contributed by atoms with Gasteiger partial charge in [-0.3, -0.25) is 14.9 Å². The largest absolute Gasteiger partial charge is 0.312 e. The van der Waals surface area contributed by atoms with E-state index in [2.05, 4.69) is 0 Å². The van der Waals surface area contributed by atoms with Crippen LogP contribution in [0.15, 0.2) is 48.5 Å². The quantitative estimate of drug-likeness (QED) is 0.630. The van der Waals surface area contributed by atoms with Crippen molar-refractivity contribution in [2.45, 2.75) is 5.67 Å². The molecule has 5 nitrogen and oxygen atoms in total. The minimum Gasteiger partial charge on any atom is -0.312 e. The first-order valence-electron chi connectivity index (χ1n) is 6.28. The average Bonchev–Trinajstić information content (AvgIpc) is 2.71. The van der Waals surface area contributed by atoms with Crippen molar-refractivity contribution in [1.82, 2.24) is 0 Å². The van der Waals surface area contributed by atoms with Crippen molar-refractivity contribution in [1.29, 1.82) is 0 Å². The van der Waals surface area contributed by atoms with E-state index in [0.29, 0.717) is 5.69 Å². The summed E-state index contributed by atoms with van der Waals surface area (Å²) < 4.78 is 15.5. The fourth-order valence-electron chi connectivity index (χ4n) is 2.60. The number of anilines is 1. The van der Waals surface area contributed by atoms with Gasteiger partial charge in [0.2, 0.25) is 5.67 Å². The molecular weight excluding hydrogens is 275 g/mol. The molecule has 0 aromatic heterocycles. The van der Waals surface area contributed by atoms with E-state index in [1.165, 1.54) is 36.2 Å². The zero-order valence-corrected chi connectivity index (χ0v) is 11.1. The zero-order chi connectivity index (χ0) is 15.2. The topological polar surface area (TPSA) is 63.5 Å². The van der Waals surface area contributed by atoms with Crippen LogP contribution in [0, 0.1) is 10.1 Å². The third kappa shape index (κ3) is 1.72. The molecule has 1 aliphatic heterocycles. The number of carbonyl (C=O) groups is 1. The maximum Gasteiger partial charge on any atom is 0.273 e. The molecule has 0 N–H and O–H groups in total. The number of likely N-dealkylation sites (N-methyl/N-ethyl adjacent to an activating group) is 1. The van der Waals surface area contributed by atoms with Gasteiger partial charge in [-0.25, -0.2) is 4.39 Å². The van der Waals surface area contributed by atoms with Gasteiger partial charge in [0.1, 0.15) is 0 Å². The first-order valence-corrected chi connectivity index (χ1v) is 6.28. The van der Waals surface area contributed by atoms with E-state index in [1.807, 2.05) is 0 Å². The van der Waals surface area contributed by atoms with Crippen molar-refractivity contribution < 1.29 is 14.1 Å². The third-order valence-corrected chi connectivity index (χ3v) is 3.71. The highest BCUT2D eigenvalue weighted by Crippen LogP contribution is 2.46. The van der Waals surface area contributed by atoms with E-state index in [-0.39, 0.29) is 16.8 Å². The Labute approximate surface area is 119 Å². The van der Waals surface area contributed by atoms with Crippen LogP contribution in [0.5, 0.6) is 0 Å². The van der Waals surface area contributed by atoms with Gasteiger partial charge < -0.3 is 4.90 Å². The first kappa shape index (κ1) is 13.2. The van der Waals surface area contributed by atoms with Crippen LogP contribution < -0.4 is 4.90 Å². The molecule has 1 atom stereocenters. The number of nitro benzene ring substituents is 1. The smallest absolute Gasteiger partial charge is 0.273 e. The Morgan fingerprint density at radius 1 is 1.14 bits per heavy atom. The summed E-state index contributed by atoms with van der Waals surface area (Å²) in [5, 5.41) is 10.7. The van der Waals surface area contributed by atoms with Crippen LogP contribution >= 0.6 is 0 Å². The summed E-state index contributed by atoms with van der Waals surface area (Å²) in [4.78, 5) is 23.7. The van der Waals surface area contributed by atoms with Crippen LogP contribution in [0.25, 0.3) is 0 Å². The summed E-state index contributed by atoms with van der Waals surface area (Å²) in [6.45, 7) is 0. The van der Waals surface area contributed by atoms with Crippen LogP contribution in [0.4, 0.5) is 15.8 Å². The van der Waals surface area contributed by atoms with Crippen LogP contribution in [0.2, 0.25) is 0 Å². The van der Waals surface area contributed by atoms with Gasteiger partial charge in [-0.15, -0.1) is 0 Å². The van der Waals surface area contributed by atoms with Gasteiger partial charge >= 0.3 is 0 Å². The summed E-state index contributed by atoms with van der Waals surface area (Å²) in [5.74, 6) is -0.697. The van der Waals surface area contributed by atoms with Gasteiger partial charge in [0, 0.05) is 30.3 Å². The Morgan fingerprint density at radius 3 is 2.38 bits per heavy atom. The molecule has 1 aliphatic rings. The molecule has 0 aliphatic carbocycles. The Balaban J connectivity index is 2.16. The molecule has 1 heterocycles. The highest BCUT2D eigenvalue weighted by atomic mass is 19.1. The molecule has 0 fully saturated rings. The van der Waals surface area contributed by atoms with E-state index in [4.69, 9.17) is 0 Å². The van der Waals surface area contributed by atoms with Crippen molar-refractivity contribution in [3.63, 3.8) is 0 Å². The number of halogens is 1. The summed E-state index contributed by atoms with van der Waals surface area (Å²) in [7, 11) is 1.51. The first-order chi connectivity index (χ1) is 9.96. The fourth-order valence-corrected chi connectivity index (χ4v) is 2.60. The summed E-state index contributed by atoms with van der Waals surface area (Å²) >= 11 is 0. The van der Waals surface area contributed by atoms with Crippen molar-refractivity contribution in [2.75, 3.05) is 11.9 Å². The number of alkyl halides is 1. The molecule has 1 amide bonds. The molecule has 21 heavy (non-hydrogen) atoms. The number of nitrogens with zero attached hydrogens (tertiary/aromatic N) is 2. The van der Waals surface area contributed by atoms with Crippen molar-refractivity contribution in [3.8, 4) is 0 Å². The number of para-hydroxylation sites is 1. The second-order valence-electron chi connectivity index (χ2n) is 4.84. The lowest BCUT2D eigenvalue weighted by atomic mass is 9.89. The Hall–Kier alpha value is -2.76. The van der Waals surface area contributed by atoms with Crippen LogP contribution in [-0.4, -0.2) is 17.9 Å². The third-order valence-electron chi connectivity index (χ3n) is 3.71. The number of rotatable bonds is 2. The number of benzene rings is 2. The number of hydrogen-bond donors (Lipinski definition) is 0. The molecule has 106 valence electrons. The standard InChI is InChI=1S/C15H11FN2O3/c1-17-13-5-3-2-4-12(13)15(16,14(17)19)10-6-8-11(9-7-10)18(20)21/h2-9H,1H3/t15-/m1/s1. The molecule has 6 heteroatoms. The minimum atomic E-state index is -2.31. The lowest BCUT2D eigenvalue weighted by molar-refractivity contribution is -0.384. The molecule has 0 saturated carbocycles. The normalized spacial score (nSPS) is 20.5. The number of nitro groups is 1. The van der Waals surface area contributed by atoms with Gasteiger partial charge in [-0.1, -0.05) is 18.2 Å². The second-order valence-corrected chi connectivity index (χ2v) is 4.84. The highest BCUT2D eigenvalue weighted by Gasteiger charge is 2.51. The number of non-ortho nitro benzene ring substituents is 1. The second kappa shape index (κ2) is 4.37. The molecular formula is C15H11FN2O3. The van der Waals surface area contributed by atoms with Gasteiger partial charge in [0.05, 0.1) is 10.6 Å². The number of carbonyl (C=O) groups excluding carboxylic acids is 1. The van der Waals surface area contributed by atoms with Crippen LogP contribution in [0.1, 0.15) is 11.1 Å². The van der Waals surface area contributed by atoms with Crippen molar-refractivity contribution in [2.24, 2.45) is 0 Å². The molecule has 2 aromatic carbocycles. The van der Waals surface area contributed by atoms with E-state index < -0.39 is 16.5 Å². The highest BCUT2D eigenvalue weighted by molar-refractivity contribution is 6.08. The van der Waals surface area contributed by atoms with Crippen LogP contribution in [0.3, 0.4) is 0 Å². The van der Waals surface area contributed by atoms with Gasteiger partial charge in [-0.2, -0.15) is 0 Å². The average molecular weight is 286 g/mol. The van der Waals surface area contributed by atoms with Crippen molar-refractivity contribution in [3.05, 3.63) is 69.8 Å². The Bertz CT molecular complexity index is 745. The maximum absolute atomic E-state index is 15.5. The van der Waals surface area contributed by atoms with Crippen molar-refractivity contribution >= 4 is 17.3 Å². The molecule has 0 unspecified atom stereocenters. The number of amides is 1. The number of fused-ring (bicyclic) bond motifs is 1. The molecule has 3 rings (SSSR count). The lowest BCUT2D eigenvalue weighted by Gasteiger charge is -2.19. The van der Waals surface area contributed by atoms with Crippen LogP contribution in [-0.2, 0) is 10.5 Å². The Kier molecular flexibility index (Phi) is 2.76. The molecule has 0 bridgehead atoms. The monoisotopic (exact) mass is 286 g/mol. The maximum atomic E-state index is 15.5. The lowest BCUT2D eigenvalue weighted by Crippen LogP contribution is -2.35. The zero-order valence-electron chi connectivity index (χ0n) is 11.1. The molecule has 0 saturated heterocycles. The summed E-state index contributed by atoms with van der Waals surface area (Å²) in [5.41, 5.74) is -1.60. The summed E-state index contributed by atoms with van der Waals surface area (Å²) in [6.07, 6.45) is 0. The van der Waals surface area contributed by atoms with E-state index >= 15 is 4.39 Å². The minimum absolute atomic E-state index is 0.0925. The summed E-state index contributed by atoms with van der Waals surface area (Å²) in [6, 6.07) is 11.6. The predicted molar refractivity (Wildman–Crippen MR) is 74.8 cm³/mol. The molecule has 0 spiro atoms. The van der Waals surface area contributed by atoms with Gasteiger partial charge in [-0.05, 0) is 18.2 Å².